The molecule has 0 aliphatic rings. The second-order valence-corrected chi connectivity index (χ2v) is 6.27. The lowest BCUT2D eigenvalue weighted by Crippen LogP contribution is -2.11. The first-order chi connectivity index (χ1) is 11.9. The summed E-state index contributed by atoms with van der Waals surface area (Å²) in [6.07, 6.45) is 1.03. The summed E-state index contributed by atoms with van der Waals surface area (Å²) < 4.78 is 6.29. The molecule has 0 fully saturated rings. The van der Waals surface area contributed by atoms with Crippen LogP contribution in [0.1, 0.15) is 6.92 Å². The van der Waals surface area contributed by atoms with Gasteiger partial charge in [0.05, 0.1) is 0 Å². The van der Waals surface area contributed by atoms with Crippen molar-refractivity contribution < 1.29 is 4.42 Å². The summed E-state index contributed by atoms with van der Waals surface area (Å²) in [5.74, 6) is 0. The standard InChI is InChI=1S/C22H16BO/c1-2-23-14-11-12-20-19(13-14)21-17-9-5-3-7-15(17)16-8-4-6-10-18(16)22(21)24-20/h3-13H,2H2,1H3. The Morgan fingerprint density at radius 1 is 0.750 bits per heavy atom. The third-order valence-electron chi connectivity index (χ3n) is 4.81. The minimum atomic E-state index is 0.958. The highest BCUT2D eigenvalue weighted by atomic mass is 16.3. The van der Waals surface area contributed by atoms with E-state index >= 15 is 0 Å². The Kier molecular flexibility index (Phi) is 2.93. The molecule has 1 aromatic heterocycles. The van der Waals surface area contributed by atoms with Crippen molar-refractivity contribution in [3.05, 3.63) is 66.7 Å². The van der Waals surface area contributed by atoms with Crippen molar-refractivity contribution in [2.45, 2.75) is 13.2 Å². The van der Waals surface area contributed by atoms with E-state index in [2.05, 4.69) is 80.9 Å². The maximum atomic E-state index is 6.29. The lowest BCUT2D eigenvalue weighted by atomic mass is 9.68. The molecular formula is C22H16BO. The van der Waals surface area contributed by atoms with E-state index < -0.39 is 0 Å². The van der Waals surface area contributed by atoms with E-state index in [4.69, 9.17) is 4.42 Å². The molecule has 0 atom stereocenters. The molecule has 113 valence electrons. The number of rotatable bonds is 2. The van der Waals surface area contributed by atoms with Crippen molar-refractivity contribution >= 4 is 56.2 Å². The van der Waals surface area contributed by atoms with E-state index in [1.165, 1.54) is 37.8 Å². The predicted molar refractivity (Wildman–Crippen MR) is 105 cm³/mol. The van der Waals surface area contributed by atoms with Crippen LogP contribution in [0.15, 0.2) is 71.1 Å². The summed E-state index contributed by atoms with van der Waals surface area (Å²) in [6, 6.07) is 23.6. The molecule has 1 heterocycles. The Bertz CT molecular complexity index is 1220. The van der Waals surface area contributed by atoms with Crippen LogP contribution in [0.4, 0.5) is 0 Å². The number of benzene rings is 4. The van der Waals surface area contributed by atoms with Crippen molar-refractivity contribution in [2.75, 3.05) is 0 Å². The zero-order valence-electron chi connectivity index (χ0n) is 13.5. The largest absolute Gasteiger partial charge is 0.455 e. The lowest BCUT2D eigenvalue weighted by Gasteiger charge is -2.06. The van der Waals surface area contributed by atoms with Crippen molar-refractivity contribution in [3.63, 3.8) is 0 Å². The van der Waals surface area contributed by atoms with E-state index in [0.717, 1.165) is 17.5 Å². The van der Waals surface area contributed by atoms with Gasteiger partial charge in [-0.3, -0.25) is 0 Å². The second-order valence-electron chi connectivity index (χ2n) is 6.27. The summed E-state index contributed by atoms with van der Waals surface area (Å²) in [5, 5.41) is 7.41. The van der Waals surface area contributed by atoms with E-state index in [0.29, 0.717) is 0 Å². The zero-order valence-corrected chi connectivity index (χ0v) is 13.5. The average Bonchev–Trinajstić information content (AvgIpc) is 3.01. The van der Waals surface area contributed by atoms with E-state index in [1.54, 1.807) is 0 Å². The zero-order chi connectivity index (χ0) is 16.1. The molecule has 0 unspecified atom stereocenters. The van der Waals surface area contributed by atoms with Gasteiger partial charge in [-0.2, -0.15) is 0 Å². The summed E-state index contributed by atoms with van der Waals surface area (Å²) in [5.41, 5.74) is 3.21. The van der Waals surface area contributed by atoms with Gasteiger partial charge < -0.3 is 4.42 Å². The molecule has 0 spiro atoms. The molecule has 0 aliphatic heterocycles. The minimum Gasteiger partial charge on any atom is -0.455 e. The lowest BCUT2D eigenvalue weighted by molar-refractivity contribution is 0.673. The second kappa shape index (κ2) is 5.14. The van der Waals surface area contributed by atoms with Crippen LogP contribution in [0.3, 0.4) is 0 Å². The first-order valence-corrected chi connectivity index (χ1v) is 8.46. The summed E-state index contributed by atoms with van der Waals surface area (Å²) in [4.78, 5) is 0. The van der Waals surface area contributed by atoms with Gasteiger partial charge in [0.1, 0.15) is 11.2 Å². The van der Waals surface area contributed by atoms with Crippen molar-refractivity contribution in [3.8, 4) is 0 Å². The molecule has 0 N–H and O–H groups in total. The van der Waals surface area contributed by atoms with Crippen molar-refractivity contribution in [2.24, 2.45) is 0 Å². The van der Waals surface area contributed by atoms with Crippen LogP contribution in [0.5, 0.6) is 0 Å². The van der Waals surface area contributed by atoms with Crippen LogP contribution in [0, 0.1) is 0 Å². The molecule has 24 heavy (non-hydrogen) atoms. The van der Waals surface area contributed by atoms with Crippen LogP contribution < -0.4 is 5.46 Å². The van der Waals surface area contributed by atoms with E-state index in [9.17, 15) is 0 Å². The molecule has 4 aromatic carbocycles. The molecule has 1 nitrogen and oxygen atoms in total. The highest BCUT2D eigenvalue weighted by Crippen LogP contribution is 2.40. The number of hydrogen-bond acceptors (Lipinski definition) is 1. The Morgan fingerprint density at radius 3 is 2.17 bits per heavy atom. The first-order valence-electron chi connectivity index (χ1n) is 8.46. The molecule has 2 heteroatoms. The molecule has 0 saturated heterocycles. The average molecular weight is 307 g/mol. The smallest absolute Gasteiger partial charge is 0.151 e. The Balaban J connectivity index is 2.07. The SMILES string of the molecule is CC[B]c1ccc2oc3c4ccccc4c4ccccc4c3c2c1. The Labute approximate surface area is 141 Å². The van der Waals surface area contributed by atoms with Crippen LogP contribution in [0.25, 0.3) is 43.5 Å². The van der Waals surface area contributed by atoms with Gasteiger partial charge in [0, 0.05) is 16.2 Å². The van der Waals surface area contributed by atoms with Gasteiger partial charge in [0.25, 0.3) is 0 Å². The first kappa shape index (κ1) is 13.7. The molecule has 0 aliphatic carbocycles. The fourth-order valence-electron chi connectivity index (χ4n) is 3.79. The molecule has 1 radical (unpaired) electrons. The molecule has 0 saturated carbocycles. The molecule has 5 aromatic rings. The summed E-state index contributed by atoms with van der Waals surface area (Å²) in [7, 11) is 2.25. The Morgan fingerprint density at radius 2 is 1.42 bits per heavy atom. The minimum absolute atomic E-state index is 0.958. The number of furan rings is 1. The van der Waals surface area contributed by atoms with Crippen LogP contribution >= 0.6 is 0 Å². The van der Waals surface area contributed by atoms with Gasteiger partial charge in [0.15, 0.2) is 7.28 Å². The van der Waals surface area contributed by atoms with Crippen LogP contribution in [-0.2, 0) is 0 Å². The highest BCUT2D eigenvalue weighted by Gasteiger charge is 2.15. The van der Waals surface area contributed by atoms with Crippen LogP contribution in [-0.4, -0.2) is 7.28 Å². The summed E-state index contributed by atoms with van der Waals surface area (Å²) in [6.45, 7) is 2.17. The quantitative estimate of drug-likeness (QED) is 0.303. The van der Waals surface area contributed by atoms with Crippen molar-refractivity contribution in [1.29, 1.82) is 0 Å². The molecular weight excluding hydrogens is 291 g/mol. The summed E-state index contributed by atoms with van der Waals surface area (Å²) >= 11 is 0. The number of hydrogen-bond donors (Lipinski definition) is 0. The third-order valence-corrected chi connectivity index (χ3v) is 4.81. The molecule has 0 bridgehead atoms. The number of fused-ring (bicyclic) bond motifs is 8. The van der Waals surface area contributed by atoms with E-state index in [1.807, 2.05) is 0 Å². The third kappa shape index (κ3) is 1.83. The normalized spacial score (nSPS) is 11.7. The molecule has 5 rings (SSSR count). The van der Waals surface area contributed by atoms with E-state index in [-0.39, 0.29) is 0 Å². The maximum Gasteiger partial charge on any atom is 0.151 e. The van der Waals surface area contributed by atoms with Crippen molar-refractivity contribution in [1.82, 2.24) is 0 Å². The highest BCUT2D eigenvalue weighted by molar-refractivity contribution is 6.53. The van der Waals surface area contributed by atoms with Gasteiger partial charge in [0.2, 0.25) is 0 Å². The van der Waals surface area contributed by atoms with Gasteiger partial charge in [-0.25, -0.2) is 0 Å². The van der Waals surface area contributed by atoms with Crippen LogP contribution in [0.2, 0.25) is 6.32 Å². The predicted octanol–water partition coefficient (Wildman–Crippen LogP) is 5.66. The molecule has 0 amide bonds. The fraction of sp³-hybridized carbons (Fsp3) is 0.0909. The van der Waals surface area contributed by atoms with Gasteiger partial charge in [-0.15, -0.1) is 0 Å². The van der Waals surface area contributed by atoms with Gasteiger partial charge in [-0.05, 0) is 22.2 Å². The topological polar surface area (TPSA) is 13.1 Å². The maximum absolute atomic E-state index is 6.29. The van der Waals surface area contributed by atoms with Gasteiger partial charge in [-0.1, -0.05) is 79.4 Å². The Hall–Kier alpha value is -2.74. The van der Waals surface area contributed by atoms with Gasteiger partial charge >= 0.3 is 0 Å². The fourth-order valence-corrected chi connectivity index (χ4v) is 3.79. The monoisotopic (exact) mass is 307 g/mol.